The highest BCUT2D eigenvalue weighted by Gasteiger charge is 1.92. The van der Waals surface area contributed by atoms with Crippen LogP contribution in [0.1, 0.15) is 20.3 Å². The van der Waals surface area contributed by atoms with Crippen LogP contribution in [0.25, 0.3) is 0 Å². The summed E-state index contributed by atoms with van der Waals surface area (Å²) in [6.45, 7) is 4.59. The summed E-state index contributed by atoms with van der Waals surface area (Å²) in [4.78, 5) is 0. The lowest BCUT2D eigenvalue weighted by molar-refractivity contribution is 0.924. The third-order valence-corrected chi connectivity index (χ3v) is 1.89. The molecule has 0 spiro atoms. The summed E-state index contributed by atoms with van der Waals surface area (Å²) in [5.41, 5.74) is 0.608. The molecule has 0 radical (unpaired) electrons. The molecule has 66 valence electrons. The first-order chi connectivity index (χ1) is 5.74. The van der Waals surface area contributed by atoms with Gasteiger partial charge in [-0.1, -0.05) is 35.0 Å². The summed E-state index contributed by atoms with van der Waals surface area (Å²) in [6, 6.07) is 2.05. The van der Waals surface area contributed by atoms with E-state index in [2.05, 4.69) is 40.3 Å². The Morgan fingerprint density at radius 1 is 1.67 bits per heavy atom. The molecule has 1 N–H and O–H groups in total. The lowest BCUT2D eigenvalue weighted by Crippen LogP contribution is -2.13. The van der Waals surface area contributed by atoms with Gasteiger partial charge in [0.15, 0.2) is 0 Å². The molecule has 0 aliphatic carbocycles. The summed E-state index contributed by atoms with van der Waals surface area (Å²) in [5, 5.41) is 11.5. The zero-order chi connectivity index (χ0) is 9.40. The van der Waals surface area contributed by atoms with Crippen molar-refractivity contribution in [1.82, 2.24) is 5.32 Å². The fourth-order valence-corrected chi connectivity index (χ4v) is 1.14. The SMILES string of the molecule is C/C=C(/C#N)NCC(Br)=CCC. The van der Waals surface area contributed by atoms with Gasteiger partial charge in [0.2, 0.25) is 0 Å². The van der Waals surface area contributed by atoms with Crippen LogP contribution in [0, 0.1) is 11.3 Å². The van der Waals surface area contributed by atoms with E-state index in [1.165, 1.54) is 0 Å². The third-order valence-electron chi connectivity index (χ3n) is 1.28. The first-order valence-electron chi connectivity index (χ1n) is 3.89. The van der Waals surface area contributed by atoms with Gasteiger partial charge in [-0.2, -0.15) is 5.26 Å². The van der Waals surface area contributed by atoms with Gasteiger partial charge < -0.3 is 5.32 Å². The van der Waals surface area contributed by atoms with Crippen LogP contribution in [-0.2, 0) is 0 Å². The standard InChI is InChI=1S/C9H13BrN2/c1-3-5-8(10)7-12-9(4-2)6-11/h4-5,12H,3,7H2,1-2H3/b8-5?,9-4-. The molecule has 0 aliphatic heterocycles. The van der Waals surface area contributed by atoms with E-state index in [9.17, 15) is 0 Å². The van der Waals surface area contributed by atoms with E-state index in [0.29, 0.717) is 12.2 Å². The van der Waals surface area contributed by atoms with Crippen LogP contribution in [0.4, 0.5) is 0 Å². The van der Waals surface area contributed by atoms with Gasteiger partial charge in [0.25, 0.3) is 0 Å². The van der Waals surface area contributed by atoms with Crippen molar-refractivity contribution < 1.29 is 0 Å². The second kappa shape index (κ2) is 6.93. The van der Waals surface area contributed by atoms with E-state index < -0.39 is 0 Å². The summed E-state index contributed by atoms with van der Waals surface area (Å²) in [6.07, 6.45) is 4.82. The van der Waals surface area contributed by atoms with Crippen molar-refractivity contribution in [2.45, 2.75) is 20.3 Å². The van der Waals surface area contributed by atoms with Crippen molar-refractivity contribution in [2.75, 3.05) is 6.54 Å². The van der Waals surface area contributed by atoms with Crippen molar-refractivity contribution in [3.05, 3.63) is 22.3 Å². The molecule has 2 nitrogen and oxygen atoms in total. The zero-order valence-electron chi connectivity index (χ0n) is 7.39. The molecule has 0 unspecified atom stereocenters. The molecule has 0 bridgehead atoms. The molecular weight excluding hydrogens is 216 g/mol. The lowest BCUT2D eigenvalue weighted by Gasteiger charge is -2.01. The fraction of sp³-hybridized carbons (Fsp3) is 0.444. The number of hydrogen-bond donors (Lipinski definition) is 1. The zero-order valence-corrected chi connectivity index (χ0v) is 8.98. The minimum absolute atomic E-state index is 0.608. The Morgan fingerprint density at radius 3 is 2.75 bits per heavy atom. The molecule has 0 aromatic carbocycles. The quantitative estimate of drug-likeness (QED) is 0.752. The molecular formula is C9H13BrN2. The molecule has 0 atom stereocenters. The van der Waals surface area contributed by atoms with Crippen LogP contribution < -0.4 is 5.32 Å². The molecule has 0 aromatic heterocycles. The molecule has 0 amide bonds. The number of nitrogens with zero attached hydrogens (tertiary/aromatic N) is 1. The van der Waals surface area contributed by atoms with Gasteiger partial charge >= 0.3 is 0 Å². The number of hydrogen-bond acceptors (Lipinski definition) is 2. The summed E-state index contributed by atoms with van der Waals surface area (Å²) >= 11 is 3.39. The van der Waals surface area contributed by atoms with Gasteiger partial charge in [-0.15, -0.1) is 0 Å². The van der Waals surface area contributed by atoms with Gasteiger partial charge in [0, 0.05) is 11.0 Å². The maximum absolute atomic E-state index is 8.55. The normalized spacial score (nSPS) is 12.5. The van der Waals surface area contributed by atoms with Crippen molar-refractivity contribution >= 4 is 15.9 Å². The first kappa shape index (κ1) is 11.2. The van der Waals surface area contributed by atoms with E-state index >= 15 is 0 Å². The summed E-state index contributed by atoms with van der Waals surface area (Å²) in [7, 11) is 0. The second-order valence-corrected chi connectivity index (χ2v) is 3.25. The topological polar surface area (TPSA) is 35.8 Å². The predicted molar refractivity (Wildman–Crippen MR) is 54.7 cm³/mol. The van der Waals surface area contributed by atoms with Gasteiger partial charge in [0.1, 0.15) is 11.8 Å². The Kier molecular flexibility index (Phi) is 6.50. The Morgan fingerprint density at radius 2 is 2.33 bits per heavy atom. The van der Waals surface area contributed by atoms with Crippen LogP contribution in [0.15, 0.2) is 22.3 Å². The highest BCUT2D eigenvalue weighted by Crippen LogP contribution is 2.04. The molecule has 3 heteroatoms. The van der Waals surface area contributed by atoms with Crippen LogP contribution in [-0.4, -0.2) is 6.54 Å². The average Bonchev–Trinajstić information content (AvgIpc) is 2.07. The van der Waals surface area contributed by atoms with Crippen LogP contribution >= 0.6 is 15.9 Å². The molecule has 0 saturated heterocycles. The van der Waals surface area contributed by atoms with E-state index in [-0.39, 0.29) is 0 Å². The third kappa shape index (κ3) is 4.97. The van der Waals surface area contributed by atoms with E-state index in [4.69, 9.17) is 5.26 Å². The van der Waals surface area contributed by atoms with Crippen molar-refractivity contribution in [1.29, 1.82) is 5.26 Å². The van der Waals surface area contributed by atoms with Gasteiger partial charge in [-0.3, -0.25) is 0 Å². The number of nitriles is 1. The molecule has 0 aromatic rings. The lowest BCUT2D eigenvalue weighted by atomic mass is 10.4. The van der Waals surface area contributed by atoms with Crippen molar-refractivity contribution in [3.63, 3.8) is 0 Å². The molecule has 12 heavy (non-hydrogen) atoms. The Labute approximate surface area is 82.1 Å². The van der Waals surface area contributed by atoms with Crippen molar-refractivity contribution in [3.8, 4) is 6.07 Å². The van der Waals surface area contributed by atoms with Crippen LogP contribution in [0.2, 0.25) is 0 Å². The van der Waals surface area contributed by atoms with Gasteiger partial charge in [-0.05, 0) is 13.3 Å². The number of allylic oxidation sites excluding steroid dienone is 3. The maximum atomic E-state index is 8.55. The Hall–Kier alpha value is -0.750. The average molecular weight is 229 g/mol. The predicted octanol–water partition coefficient (Wildman–Crippen LogP) is 2.69. The molecule has 0 saturated carbocycles. The van der Waals surface area contributed by atoms with Crippen LogP contribution in [0.3, 0.4) is 0 Å². The first-order valence-corrected chi connectivity index (χ1v) is 4.68. The molecule has 0 heterocycles. The summed E-state index contributed by atoms with van der Waals surface area (Å²) < 4.78 is 1.08. The summed E-state index contributed by atoms with van der Waals surface area (Å²) in [5.74, 6) is 0. The molecule has 0 aliphatic rings. The smallest absolute Gasteiger partial charge is 0.117 e. The van der Waals surface area contributed by atoms with Crippen LogP contribution in [0.5, 0.6) is 0 Å². The fourth-order valence-electron chi connectivity index (χ4n) is 0.679. The number of rotatable bonds is 4. The van der Waals surface area contributed by atoms with E-state index in [0.717, 1.165) is 10.9 Å². The Bertz CT molecular complexity index is 223. The highest BCUT2D eigenvalue weighted by molar-refractivity contribution is 9.11. The van der Waals surface area contributed by atoms with Gasteiger partial charge in [0.05, 0.1) is 0 Å². The minimum atomic E-state index is 0.608. The number of halogens is 1. The highest BCUT2D eigenvalue weighted by atomic mass is 79.9. The monoisotopic (exact) mass is 228 g/mol. The number of nitrogens with one attached hydrogen (secondary N) is 1. The molecule has 0 rings (SSSR count). The molecule has 0 fully saturated rings. The van der Waals surface area contributed by atoms with Gasteiger partial charge in [-0.25, -0.2) is 0 Å². The van der Waals surface area contributed by atoms with E-state index in [1.54, 1.807) is 6.08 Å². The minimum Gasteiger partial charge on any atom is -0.372 e. The van der Waals surface area contributed by atoms with E-state index in [1.807, 2.05) is 6.92 Å². The van der Waals surface area contributed by atoms with Crippen molar-refractivity contribution in [2.24, 2.45) is 0 Å². The second-order valence-electron chi connectivity index (χ2n) is 2.23. The largest absolute Gasteiger partial charge is 0.372 e. The Balaban J connectivity index is 3.84. The maximum Gasteiger partial charge on any atom is 0.117 e.